The first-order valence-electron chi connectivity index (χ1n) is 5.85. The fraction of sp³-hybridized carbons (Fsp3) is 0.462. The van der Waals surface area contributed by atoms with E-state index in [0.717, 1.165) is 0 Å². The molecule has 0 N–H and O–H groups in total. The van der Waals surface area contributed by atoms with Gasteiger partial charge in [-0.05, 0) is 24.3 Å². The van der Waals surface area contributed by atoms with Crippen molar-refractivity contribution in [2.45, 2.75) is 6.04 Å². The minimum Gasteiger partial charge on any atom is -0.382 e. The van der Waals surface area contributed by atoms with Crippen LogP contribution in [0.2, 0.25) is 0 Å². The summed E-state index contributed by atoms with van der Waals surface area (Å²) in [6.45, 7) is 1.96. The predicted octanol–water partition coefficient (Wildman–Crippen LogP) is 1.31. The molecule has 1 saturated heterocycles. The van der Waals surface area contributed by atoms with E-state index in [1.54, 1.807) is 12.0 Å². The summed E-state index contributed by atoms with van der Waals surface area (Å²) in [6, 6.07) is 5.49. The van der Waals surface area contributed by atoms with E-state index < -0.39 is 0 Å². The number of halogens is 1. The molecule has 0 aliphatic carbocycles. The average Bonchev–Trinajstić information content (AvgIpc) is 2.40. The van der Waals surface area contributed by atoms with Gasteiger partial charge in [-0.15, -0.1) is 0 Å². The molecule has 1 amide bonds. The smallest absolute Gasteiger partial charge is 0.254 e. The summed E-state index contributed by atoms with van der Waals surface area (Å²) in [6.07, 6.45) is 0. The summed E-state index contributed by atoms with van der Waals surface area (Å²) in [4.78, 5) is 14.0. The Morgan fingerprint density at radius 2 is 2.22 bits per heavy atom. The number of ether oxygens (including phenoxy) is 2. The Morgan fingerprint density at radius 3 is 2.89 bits per heavy atom. The van der Waals surface area contributed by atoms with Crippen molar-refractivity contribution in [2.24, 2.45) is 0 Å². The third-order valence-corrected chi connectivity index (χ3v) is 2.94. The van der Waals surface area contributed by atoms with Crippen molar-refractivity contribution in [3.05, 3.63) is 35.6 Å². The van der Waals surface area contributed by atoms with Crippen LogP contribution in [0.15, 0.2) is 24.3 Å². The van der Waals surface area contributed by atoms with Gasteiger partial charge < -0.3 is 14.4 Å². The molecular weight excluding hydrogens is 237 g/mol. The van der Waals surface area contributed by atoms with Crippen LogP contribution in [0, 0.1) is 5.82 Å². The van der Waals surface area contributed by atoms with Crippen molar-refractivity contribution in [2.75, 3.05) is 33.5 Å². The molecule has 0 bridgehead atoms. The van der Waals surface area contributed by atoms with Gasteiger partial charge in [0.25, 0.3) is 5.91 Å². The second kappa shape index (κ2) is 5.93. The maximum Gasteiger partial charge on any atom is 0.254 e. The summed E-state index contributed by atoms with van der Waals surface area (Å²) >= 11 is 0. The number of carbonyl (C=O) groups is 1. The van der Waals surface area contributed by atoms with E-state index in [-0.39, 0.29) is 17.8 Å². The summed E-state index contributed by atoms with van der Waals surface area (Å²) < 4.78 is 23.2. The zero-order valence-corrected chi connectivity index (χ0v) is 10.3. The van der Waals surface area contributed by atoms with Gasteiger partial charge in [-0.1, -0.05) is 0 Å². The van der Waals surface area contributed by atoms with Crippen LogP contribution < -0.4 is 0 Å². The van der Waals surface area contributed by atoms with Gasteiger partial charge >= 0.3 is 0 Å². The van der Waals surface area contributed by atoms with Crippen molar-refractivity contribution in [3.63, 3.8) is 0 Å². The Hall–Kier alpha value is -1.46. The minimum atomic E-state index is -0.345. The molecule has 1 aromatic carbocycles. The number of benzene rings is 1. The normalized spacial score (nSPS) is 19.9. The van der Waals surface area contributed by atoms with E-state index in [4.69, 9.17) is 9.47 Å². The number of amides is 1. The molecule has 1 heterocycles. The number of morpholine rings is 1. The lowest BCUT2D eigenvalue weighted by Crippen LogP contribution is -2.50. The third kappa shape index (κ3) is 2.86. The second-order valence-corrected chi connectivity index (χ2v) is 4.19. The number of hydrogen-bond acceptors (Lipinski definition) is 3. The van der Waals surface area contributed by atoms with Crippen LogP contribution in [0.3, 0.4) is 0 Å². The molecule has 2 rings (SSSR count). The van der Waals surface area contributed by atoms with Crippen molar-refractivity contribution < 1.29 is 18.7 Å². The number of hydrogen-bond donors (Lipinski definition) is 0. The molecule has 4 nitrogen and oxygen atoms in total. The molecule has 0 radical (unpaired) electrons. The van der Waals surface area contributed by atoms with Gasteiger partial charge in [-0.25, -0.2) is 4.39 Å². The first kappa shape index (κ1) is 13.0. The largest absolute Gasteiger partial charge is 0.382 e. The molecular formula is C13H16FNO3. The number of nitrogens with zero attached hydrogens (tertiary/aromatic N) is 1. The van der Waals surface area contributed by atoms with Crippen molar-refractivity contribution in [1.82, 2.24) is 4.90 Å². The molecule has 0 saturated carbocycles. The Kier molecular flexibility index (Phi) is 4.28. The zero-order chi connectivity index (χ0) is 13.0. The maximum atomic E-state index is 12.8. The van der Waals surface area contributed by atoms with Crippen LogP contribution in [0.4, 0.5) is 4.39 Å². The summed E-state index contributed by atoms with van der Waals surface area (Å²) in [7, 11) is 1.59. The van der Waals surface area contributed by atoms with Crippen molar-refractivity contribution in [3.8, 4) is 0 Å². The van der Waals surface area contributed by atoms with Gasteiger partial charge in [0.15, 0.2) is 0 Å². The second-order valence-electron chi connectivity index (χ2n) is 4.19. The predicted molar refractivity (Wildman–Crippen MR) is 63.9 cm³/mol. The van der Waals surface area contributed by atoms with E-state index in [9.17, 15) is 9.18 Å². The molecule has 98 valence electrons. The van der Waals surface area contributed by atoms with Crippen LogP contribution in [-0.4, -0.2) is 50.3 Å². The quantitative estimate of drug-likeness (QED) is 0.815. The van der Waals surface area contributed by atoms with E-state index in [1.165, 1.54) is 24.3 Å². The summed E-state index contributed by atoms with van der Waals surface area (Å²) in [5.41, 5.74) is 0.486. The fourth-order valence-corrected chi connectivity index (χ4v) is 2.01. The number of rotatable bonds is 3. The zero-order valence-electron chi connectivity index (χ0n) is 10.3. The molecule has 0 aromatic heterocycles. The SMILES string of the molecule is COCC1COCCN1C(=O)c1ccc(F)cc1. The average molecular weight is 253 g/mol. The Morgan fingerprint density at radius 1 is 1.50 bits per heavy atom. The highest BCUT2D eigenvalue weighted by Gasteiger charge is 2.27. The van der Waals surface area contributed by atoms with Gasteiger partial charge in [0.05, 0.1) is 25.9 Å². The molecule has 1 aromatic rings. The van der Waals surface area contributed by atoms with Crippen molar-refractivity contribution in [1.29, 1.82) is 0 Å². The van der Waals surface area contributed by atoms with Crippen LogP contribution in [0.1, 0.15) is 10.4 Å². The lowest BCUT2D eigenvalue weighted by Gasteiger charge is -2.35. The lowest BCUT2D eigenvalue weighted by molar-refractivity contribution is -0.0251. The molecule has 1 fully saturated rings. The first-order valence-corrected chi connectivity index (χ1v) is 5.85. The molecule has 1 aliphatic heterocycles. The monoisotopic (exact) mass is 253 g/mol. The van der Waals surface area contributed by atoms with Gasteiger partial charge in [0.2, 0.25) is 0 Å². The lowest BCUT2D eigenvalue weighted by atomic mass is 10.1. The Bertz CT molecular complexity index is 405. The standard InChI is InChI=1S/C13H16FNO3/c1-17-8-12-9-18-7-6-15(12)13(16)10-2-4-11(14)5-3-10/h2-5,12H,6-9H2,1H3. The highest BCUT2D eigenvalue weighted by Crippen LogP contribution is 2.13. The number of carbonyl (C=O) groups excluding carboxylic acids is 1. The molecule has 5 heteroatoms. The summed E-state index contributed by atoms with van der Waals surface area (Å²) in [5, 5.41) is 0. The Labute approximate surface area is 105 Å². The molecule has 18 heavy (non-hydrogen) atoms. The van der Waals surface area contributed by atoms with Crippen molar-refractivity contribution >= 4 is 5.91 Å². The molecule has 0 spiro atoms. The highest BCUT2D eigenvalue weighted by molar-refractivity contribution is 5.94. The van der Waals surface area contributed by atoms with Crippen LogP contribution in [0.25, 0.3) is 0 Å². The van der Waals surface area contributed by atoms with E-state index in [2.05, 4.69) is 0 Å². The van der Waals surface area contributed by atoms with Gasteiger partial charge in [-0.3, -0.25) is 4.79 Å². The molecule has 1 aliphatic rings. The molecule has 1 unspecified atom stereocenters. The topological polar surface area (TPSA) is 38.8 Å². The Balaban J connectivity index is 2.12. The maximum absolute atomic E-state index is 12.8. The first-order chi connectivity index (χ1) is 8.72. The van der Waals surface area contributed by atoms with Gasteiger partial charge in [0.1, 0.15) is 5.82 Å². The van der Waals surface area contributed by atoms with Gasteiger partial charge in [0, 0.05) is 19.2 Å². The van der Waals surface area contributed by atoms with Crippen LogP contribution in [0.5, 0.6) is 0 Å². The van der Waals surface area contributed by atoms with Crippen LogP contribution >= 0.6 is 0 Å². The highest BCUT2D eigenvalue weighted by atomic mass is 19.1. The molecule has 1 atom stereocenters. The van der Waals surface area contributed by atoms with E-state index in [1.807, 2.05) is 0 Å². The van der Waals surface area contributed by atoms with Gasteiger partial charge in [-0.2, -0.15) is 0 Å². The number of methoxy groups -OCH3 is 1. The van der Waals surface area contributed by atoms with E-state index >= 15 is 0 Å². The van der Waals surface area contributed by atoms with Crippen LogP contribution in [-0.2, 0) is 9.47 Å². The third-order valence-electron chi connectivity index (χ3n) is 2.94. The van der Waals surface area contributed by atoms with E-state index in [0.29, 0.717) is 31.9 Å². The fourth-order valence-electron chi connectivity index (χ4n) is 2.01. The summed E-state index contributed by atoms with van der Waals surface area (Å²) in [5.74, 6) is -0.456. The minimum absolute atomic E-state index is 0.0821.